The fourth-order valence-corrected chi connectivity index (χ4v) is 3.14. The molecule has 0 bridgehead atoms. The zero-order valence-electron chi connectivity index (χ0n) is 14.4. The standard InChI is InChI=1S/C16H17N5O4S/c1-10-4-5-11(26(3,24)25)6-13(10)19-14(22)8-21-9-17-15-12(16(21)23)7-18-20(15)2/h4-7,9H,8H2,1-3H3,(H,19,22). The molecule has 0 aliphatic rings. The summed E-state index contributed by atoms with van der Waals surface area (Å²) < 4.78 is 26.0. The summed E-state index contributed by atoms with van der Waals surface area (Å²) in [6.07, 6.45) is 3.78. The summed E-state index contributed by atoms with van der Waals surface area (Å²) in [5.41, 5.74) is 1.14. The van der Waals surface area contributed by atoms with Crippen LogP contribution in [-0.2, 0) is 28.2 Å². The molecule has 0 fully saturated rings. The molecular weight excluding hydrogens is 358 g/mol. The normalized spacial score (nSPS) is 11.7. The first-order chi connectivity index (χ1) is 12.2. The summed E-state index contributed by atoms with van der Waals surface area (Å²) in [5.74, 6) is -0.467. The molecule has 0 spiro atoms. The van der Waals surface area contributed by atoms with Gasteiger partial charge in [-0.3, -0.25) is 18.8 Å². The van der Waals surface area contributed by atoms with Crippen LogP contribution in [0.3, 0.4) is 0 Å². The topological polar surface area (TPSA) is 116 Å². The molecule has 1 N–H and O–H groups in total. The number of nitrogens with zero attached hydrogens (tertiary/aromatic N) is 4. The molecule has 0 radical (unpaired) electrons. The third-order valence-electron chi connectivity index (χ3n) is 3.94. The number of hydrogen-bond acceptors (Lipinski definition) is 6. The molecule has 2 aromatic heterocycles. The van der Waals surface area contributed by atoms with E-state index in [4.69, 9.17) is 0 Å². The van der Waals surface area contributed by atoms with Crippen LogP contribution in [0.5, 0.6) is 0 Å². The van der Waals surface area contributed by atoms with E-state index in [0.29, 0.717) is 22.3 Å². The minimum atomic E-state index is -3.39. The van der Waals surface area contributed by atoms with E-state index in [9.17, 15) is 18.0 Å². The monoisotopic (exact) mass is 375 g/mol. The number of amides is 1. The van der Waals surface area contributed by atoms with E-state index in [0.717, 1.165) is 6.26 Å². The van der Waals surface area contributed by atoms with Gasteiger partial charge in [-0.15, -0.1) is 0 Å². The van der Waals surface area contributed by atoms with Crippen LogP contribution in [0, 0.1) is 6.92 Å². The Bertz CT molecular complexity index is 1180. The van der Waals surface area contributed by atoms with E-state index >= 15 is 0 Å². The minimum absolute atomic E-state index is 0.106. The number of fused-ring (bicyclic) bond motifs is 1. The summed E-state index contributed by atoms with van der Waals surface area (Å²) in [5, 5.41) is 6.93. The van der Waals surface area contributed by atoms with Crippen molar-refractivity contribution in [3.05, 3.63) is 46.6 Å². The number of rotatable bonds is 4. The van der Waals surface area contributed by atoms with Crippen LogP contribution in [0.4, 0.5) is 5.69 Å². The Morgan fingerprint density at radius 3 is 2.73 bits per heavy atom. The second-order valence-corrected chi connectivity index (χ2v) is 8.00. The van der Waals surface area contributed by atoms with Gasteiger partial charge in [-0.25, -0.2) is 13.4 Å². The highest BCUT2D eigenvalue weighted by Crippen LogP contribution is 2.20. The van der Waals surface area contributed by atoms with Gasteiger partial charge in [0, 0.05) is 19.0 Å². The summed E-state index contributed by atoms with van der Waals surface area (Å²) in [4.78, 5) is 28.9. The maximum Gasteiger partial charge on any atom is 0.264 e. The first kappa shape index (κ1) is 17.8. The van der Waals surface area contributed by atoms with Crippen molar-refractivity contribution in [1.29, 1.82) is 0 Å². The zero-order chi connectivity index (χ0) is 19.1. The lowest BCUT2D eigenvalue weighted by atomic mass is 10.2. The van der Waals surface area contributed by atoms with Gasteiger partial charge in [-0.2, -0.15) is 5.10 Å². The third kappa shape index (κ3) is 3.36. The lowest BCUT2D eigenvalue weighted by molar-refractivity contribution is -0.116. The van der Waals surface area contributed by atoms with Gasteiger partial charge in [0.05, 0.1) is 11.1 Å². The Morgan fingerprint density at radius 2 is 2.04 bits per heavy atom. The van der Waals surface area contributed by atoms with E-state index in [1.54, 1.807) is 20.0 Å². The Kier molecular flexibility index (Phi) is 4.36. The van der Waals surface area contributed by atoms with Gasteiger partial charge in [0.15, 0.2) is 15.5 Å². The Labute approximate surface area is 149 Å². The van der Waals surface area contributed by atoms with Crippen molar-refractivity contribution in [2.24, 2.45) is 7.05 Å². The number of aromatic nitrogens is 4. The first-order valence-corrected chi connectivity index (χ1v) is 9.53. The van der Waals surface area contributed by atoms with Crippen LogP contribution < -0.4 is 10.9 Å². The number of hydrogen-bond donors (Lipinski definition) is 1. The minimum Gasteiger partial charge on any atom is -0.324 e. The van der Waals surface area contributed by atoms with Crippen molar-refractivity contribution in [3.63, 3.8) is 0 Å². The fourth-order valence-electron chi connectivity index (χ4n) is 2.49. The SMILES string of the molecule is Cc1ccc(S(C)(=O)=O)cc1NC(=O)Cn1cnc2c(cnn2C)c1=O. The van der Waals surface area contributed by atoms with E-state index in [2.05, 4.69) is 15.4 Å². The molecule has 26 heavy (non-hydrogen) atoms. The Morgan fingerprint density at radius 1 is 1.31 bits per heavy atom. The van der Waals surface area contributed by atoms with Gasteiger partial charge in [0.25, 0.3) is 5.56 Å². The summed E-state index contributed by atoms with van der Waals surface area (Å²) in [7, 11) is -1.72. The summed E-state index contributed by atoms with van der Waals surface area (Å²) in [6.45, 7) is 1.50. The van der Waals surface area contributed by atoms with Gasteiger partial charge < -0.3 is 5.32 Å². The second-order valence-electron chi connectivity index (χ2n) is 5.98. The van der Waals surface area contributed by atoms with E-state index in [-0.39, 0.29) is 17.0 Å². The van der Waals surface area contributed by atoms with Gasteiger partial charge in [-0.05, 0) is 24.6 Å². The molecule has 10 heteroatoms. The average molecular weight is 375 g/mol. The van der Waals surface area contributed by atoms with Crippen LogP contribution in [0.1, 0.15) is 5.56 Å². The van der Waals surface area contributed by atoms with Crippen molar-refractivity contribution >= 4 is 32.5 Å². The van der Waals surface area contributed by atoms with Gasteiger partial charge >= 0.3 is 0 Å². The highest BCUT2D eigenvalue weighted by molar-refractivity contribution is 7.90. The molecule has 136 valence electrons. The number of carbonyl (C=O) groups is 1. The maximum atomic E-state index is 12.4. The highest BCUT2D eigenvalue weighted by Gasteiger charge is 2.14. The van der Waals surface area contributed by atoms with Crippen LogP contribution >= 0.6 is 0 Å². The van der Waals surface area contributed by atoms with Crippen LogP contribution in [-0.4, -0.2) is 39.9 Å². The largest absolute Gasteiger partial charge is 0.324 e. The molecule has 0 saturated heterocycles. The number of nitrogens with one attached hydrogen (secondary N) is 1. The predicted octanol–water partition coefficient (Wildman–Crippen LogP) is 0.481. The van der Waals surface area contributed by atoms with Crippen molar-refractivity contribution < 1.29 is 13.2 Å². The fraction of sp³-hybridized carbons (Fsp3) is 0.250. The highest BCUT2D eigenvalue weighted by atomic mass is 32.2. The van der Waals surface area contributed by atoms with Crippen molar-refractivity contribution in [1.82, 2.24) is 19.3 Å². The average Bonchev–Trinajstić information content (AvgIpc) is 2.93. The maximum absolute atomic E-state index is 12.4. The van der Waals surface area contributed by atoms with Crippen molar-refractivity contribution in [3.8, 4) is 0 Å². The number of anilines is 1. The lowest BCUT2D eigenvalue weighted by Gasteiger charge is -2.11. The quantitative estimate of drug-likeness (QED) is 0.709. The van der Waals surface area contributed by atoms with Crippen LogP contribution in [0.2, 0.25) is 0 Å². The number of benzene rings is 1. The molecule has 0 aliphatic heterocycles. The van der Waals surface area contributed by atoms with Crippen molar-refractivity contribution in [2.45, 2.75) is 18.4 Å². The van der Waals surface area contributed by atoms with Gasteiger partial charge in [-0.1, -0.05) is 6.07 Å². The van der Waals surface area contributed by atoms with E-state index in [1.165, 1.54) is 33.9 Å². The van der Waals surface area contributed by atoms with Crippen molar-refractivity contribution in [2.75, 3.05) is 11.6 Å². The molecule has 0 aliphatic carbocycles. The molecular formula is C16H17N5O4S. The molecule has 1 aromatic carbocycles. The van der Waals surface area contributed by atoms with Gasteiger partial charge in [0.2, 0.25) is 5.91 Å². The molecule has 2 heterocycles. The first-order valence-electron chi connectivity index (χ1n) is 7.64. The van der Waals surface area contributed by atoms with E-state index in [1.807, 2.05) is 0 Å². The number of sulfone groups is 1. The van der Waals surface area contributed by atoms with Gasteiger partial charge in [0.1, 0.15) is 18.3 Å². The van der Waals surface area contributed by atoms with Crippen LogP contribution in [0.25, 0.3) is 11.0 Å². The number of carbonyl (C=O) groups excluding carboxylic acids is 1. The van der Waals surface area contributed by atoms with E-state index < -0.39 is 15.7 Å². The summed E-state index contributed by atoms with van der Waals surface area (Å²) in [6, 6.07) is 4.49. The molecule has 9 nitrogen and oxygen atoms in total. The molecule has 0 saturated carbocycles. The Balaban J connectivity index is 1.86. The molecule has 0 atom stereocenters. The lowest BCUT2D eigenvalue weighted by Crippen LogP contribution is -2.28. The second kappa shape index (κ2) is 6.37. The molecule has 3 aromatic rings. The molecule has 0 unspecified atom stereocenters. The third-order valence-corrected chi connectivity index (χ3v) is 5.05. The molecule has 1 amide bonds. The number of aryl methyl sites for hydroxylation is 2. The smallest absolute Gasteiger partial charge is 0.264 e. The Hall–Kier alpha value is -3.01. The van der Waals surface area contributed by atoms with Crippen LogP contribution in [0.15, 0.2) is 40.4 Å². The molecule has 3 rings (SSSR count). The summed E-state index contributed by atoms with van der Waals surface area (Å²) >= 11 is 0. The predicted molar refractivity (Wildman–Crippen MR) is 95.7 cm³/mol. The zero-order valence-corrected chi connectivity index (χ0v) is 15.2.